The van der Waals surface area contributed by atoms with E-state index in [2.05, 4.69) is 20.2 Å². The van der Waals surface area contributed by atoms with Crippen LogP contribution in [0.4, 0.5) is 10.6 Å². The lowest BCUT2D eigenvalue weighted by atomic mass is 10.1. The van der Waals surface area contributed by atoms with Crippen LogP contribution in [0.3, 0.4) is 0 Å². The maximum atomic E-state index is 11.9. The first-order valence-corrected chi connectivity index (χ1v) is 8.92. The van der Waals surface area contributed by atoms with Gasteiger partial charge >= 0.3 is 6.09 Å². The minimum atomic E-state index is -0.359. The Labute approximate surface area is 152 Å². The number of halogens is 1. The summed E-state index contributed by atoms with van der Waals surface area (Å²) in [5.41, 5.74) is 1.96. The number of hydrogen-bond acceptors (Lipinski definition) is 5. The molecule has 1 aromatic heterocycles. The third-order valence-corrected chi connectivity index (χ3v) is 4.33. The lowest BCUT2D eigenvalue weighted by molar-refractivity contribution is 0.130. The first-order chi connectivity index (χ1) is 11.9. The highest BCUT2D eigenvalue weighted by Gasteiger charge is 2.27. The molecule has 0 radical (unpaired) electrons. The number of fused-ring (bicyclic) bond motifs is 1. The van der Waals surface area contributed by atoms with E-state index in [4.69, 9.17) is 16.3 Å². The topological polar surface area (TPSA) is 67.4 Å². The van der Waals surface area contributed by atoms with Gasteiger partial charge in [0.2, 0.25) is 5.28 Å². The number of aryl methyl sites for hydroxylation is 1. The highest BCUT2D eigenvalue weighted by Crippen LogP contribution is 2.28. The van der Waals surface area contributed by atoms with Crippen molar-refractivity contribution in [3.63, 3.8) is 0 Å². The summed E-state index contributed by atoms with van der Waals surface area (Å²) in [6, 6.07) is 6.10. The normalized spacial score (nSPS) is 17.3. The first kappa shape index (κ1) is 17.7. The summed E-state index contributed by atoms with van der Waals surface area (Å²) in [4.78, 5) is 22.7. The van der Waals surface area contributed by atoms with Gasteiger partial charge in [0.1, 0.15) is 5.82 Å². The van der Waals surface area contributed by atoms with Crippen LogP contribution in [0.25, 0.3) is 10.9 Å². The molecular weight excluding hydrogens is 340 g/mol. The van der Waals surface area contributed by atoms with Gasteiger partial charge < -0.3 is 15.0 Å². The van der Waals surface area contributed by atoms with Crippen LogP contribution < -0.4 is 10.2 Å². The van der Waals surface area contributed by atoms with Gasteiger partial charge in [0, 0.05) is 18.5 Å². The van der Waals surface area contributed by atoms with Crippen LogP contribution in [0.2, 0.25) is 5.28 Å². The van der Waals surface area contributed by atoms with Crippen LogP contribution in [-0.2, 0) is 4.74 Å². The van der Waals surface area contributed by atoms with Crippen molar-refractivity contribution >= 4 is 34.4 Å². The summed E-state index contributed by atoms with van der Waals surface area (Å²) in [5, 5.41) is 4.13. The number of carbonyl (C=O) groups excluding carboxylic acids is 1. The summed E-state index contributed by atoms with van der Waals surface area (Å²) in [5.74, 6) is 1.14. The third-order valence-electron chi connectivity index (χ3n) is 4.16. The maximum absolute atomic E-state index is 11.9. The second kappa shape index (κ2) is 7.44. The molecule has 0 aliphatic carbocycles. The molecule has 1 N–H and O–H groups in total. The van der Waals surface area contributed by atoms with Gasteiger partial charge in [-0.3, -0.25) is 0 Å². The van der Waals surface area contributed by atoms with Crippen LogP contribution in [0.1, 0.15) is 25.8 Å². The Kier molecular flexibility index (Phi) is 5.27. The van der Waals surface area contributed by atoms with Crippen molar-refractivity contribution in [3.8, 4) is 0 Å². The third kappa shape index (κ3) is 4.31. The number of alkyl carbamates (subject to hydrolysis) is 1. The average molecular weight is 363 g/mol. The molecule has 25 heavy (non-hydrogen) atoms. The van der Waals surface area contributed by atoms with E-state index in [0.29, 0.717) is 19.1 Å². The zero-order valence-corrected chi connectivity index (χ0v) is 15.5. The van der Waals surface area contributed by atoms with Gasteiger partial charge in [-0.25, -0.2) is 9.78 Å². The Morgan fingerprint density at radius 3 is 3.00 bits per heavy atom. The van der Waals surface area contributed by atoms with Crippen LogP contribution in [0.15, 0.2) is 18.2 Å². The number of aromatic nitrogens is 2. The second-order valence-corrected chi connectivity index (χ2v) is 7.24. The fourth-order valence-electron chi connectivity index (χ4n) is 2.96. The predicted molar refractivity (Wildman–Crippen MR) is 99.2 cm³/mol. The largest absolute Gasteiger partial charge is 0.449 e. The highest BCUT2D eigenvalue weighted by atomic mass is 35.5. The molecule has 1 aliphatic rings. The maximum Gasteiger partial charge on any atom is 0.407 e. The molecule has 0 saturated carbocycles. The van der Waals surface area contributed by atoms with E-state index >= 15 is 0 Å². The monoisotopic (exact) mass is 362 g/mol. The number of anilines is 1. The van der Waals surface area contributed by atoms with E-state index in [1.54, 1.807) is 0 Å². The smallest absolute Gasteiger partial charge is 0.407 e. The minimum absolute atomic E-state index is 0.0360. The molecule has 1 fully saturated rings. The Balaban J connectivity index is 1.72. The van der Waals surface area contributed by atoms with Crippen LogP contribution in [-0.4, -0.2) is 41.8 Å². The molecule has 134 valence electrons. The fraction of sp³-hybridized carbons (Fsp3) is 0.500. The van der Waals surface area contributed by atoms with Crippen molar-refractivity contribution in [2.75, 3.05) is 24.6 Å². The van der Waals surface area contributed by atoms with Crippen LogP contribution >= 0.6 is 11.6 Å². The first-order valence-electron chi connectivity index (χ1n) is 8.54. The number of rotatable bonds is 4. The molecule has 0 unspecified atom stereocenters. The Morgan fingerprint density at radius 2 is 2.24 bits per heavy atom. The number of hydrogen-bond donors (Lipinski definition) is 1. The molecule has 1 atom stereocenters. The SMILES string of the molecule is Cc1ccc2c(N3CC[C@@H](NC(=O)OCC(C)C)C3)nc(Cl)nc2c1. The summed E-state index contributed by atoms with van der Waals surface area (Å²) in [7, 11) is 0. The Bertz CT molecular complexity index is 776. The Morgan fingerprint density at radius 1 is 1.44 bits per heavy atom. The molecule has 1 aliphatic heterocycles. The van der Waals surface area contributed by atoms with Crippen LogP contribution in [0.5, 0.6) is 0 Å². The number of amides is 1. The predicted octanol–water partition coefficient (Wildman–Crippen LogP) is 3.55. The highest BCUT2D eigenvalue weighted by molar-refractivity contribution is 6.28. The van der Waals surface area contributed by atoms with E-state index in [0.717, 1.165) is 35.2 Å². The molecular formula is C18H23ClN4O2. The van der Waals surface area contributed by atoms with Gasteiger partial charge in [-0.1, -0.05) is 19.9 Å². The molecule has 2 heterocycles. The quantitative estimate of drug-likeness (QED) is 0.842. The number of nitrogens with one attached hydrogen (secondary N) is 1. The number of nitrogens with zero attached hydrogens (tertiary/aromatic N) is 3. The average Bonchev–Trinajstić information content (AvgIpc) is 3.00. The summed E-state index contributed by atoms with van der Waals surface area (Å²) in [6.45, 7) is 7.94. The molecule has 0 bridgehead atoms. The zero-order chi connectivity index (χ0) is 18.0. The van der Waals surface area contributed by atoms with E-state index in [9.17, 15) is 4.79 Å². The second-order valence-electron chi connectivity index (χ2n) is 6.91. The van der Waals surface area contributed by atoms with E-state index in [1.165, 1.54) is 0 Å². The number of carbonyl (C=O) groups is 1. The van der Waals surface area contributed by atoms with Crippen molar-refractivity contribution in [1.29, 1.82) is 0 Å². The van der Waals surface area contributed by atoms with Gasteiger partial charge in [0.05, 0.1) is 18.2 Å². The lowest BCUT2D eigenvalue weighted by Crippen LogP contribution is -2.38. The minimum Gasteiger partial charge on any atom is -0.449 e. The van der Waals surface area contributed by atoms with E-state index in [1.807, 2.05) is 39.0 Å². The van der Waals surface area contributed by atoms with E-state index < -0.39 is 0 Å². The molecule has 2 aromatic rings. The molecule has 7 heteroatoms. The molecule has 1 amide bonds. The van der Waals surface area contributed by atoms with Crippen molar-refractivity contribution < 1.29 is 9.53 Å². The molecule has 3 rings (SSSR count). The molecule has 1 aromatic carbocycles. The Hall–Kier alpha value is -2.08. The summed E-state index contributed by atoms with van der Waals surface area (Å²) < 4.78 is 5.19. The van der Waals surface area contributed by atoms with Gasteiger partial charge in [0.25, 0.3) is 0 Å². The van der Waals surface area contributed by atoms with Gasteiger partial charge in [-0.2, -0.15) is 4.98 Å². The van der Waals surface area contributed by atoms with E-state index in [-0.39, 0.29) is 17.4 Å². The van der Waals surface area contributed by atoms with Crippen molar-refractivity contribution in [3.05, 3.63) is 29.0 Å². The summed E-state index contributed by atoms with van der Waals surface area (Å²) in [6.07, 6.45) is 0.480. The molecule has 0 spiro atoms. The van der Waals surface area contributed by atoms with Gasteiger partial charge in [-0.05, 0) is 48.6 Å². The van der Waals surface area contributed by atoms with Crippen molar-refractivity contribution in [2.24, 2.45) is 5.92 Å². The van der Waals surface area contributed by atoms with Crippen molar-refractivity contribution in [2.45, 2.75) is 33.2 Å². The summed E-state index contributed by atoms with van der Waals surface area (Å²) >= 11 is 6.11. The van der Waals surface area contributed by atoms with Gasteiger partial charge in [0.15, 0.2) is 0 Å². The van der Waals surface area contributed by atoms with Crippen LogP contribution in [0, 0.1) is 12.8 Å². The van der Waals surface area contributed by atoms with Crippen molar-refractivity contribution in [1.82, 2.24) is 15.3 Å². The standard InChI is InChI=1S/C18H23ClN4O2/c1-11(2)10-25-18(24)20-13-6-7-23(9-13)16-14-5-4-12(3)8-15(14)21-17(19)22-16/h4-5,8,11,13H,6-7,9-10H2,1-3H3,(H,20,24)/t13-/m1/s1. The zero-order valence-electron chi connectivity index (χ0n) is 14.8. The number of ether oxygens (including phenoxy) is 1. The molecule has 6 nitrogen and oxygen atoms in total. The lowest BCUT2D eigenvalue weighted by Gasteiger charge is -2.20. The number of benzene rings is 1. The molecule has 1 saturated heterocycles. The van der Waals surface area contributed by atoms with Gasteiger partial charge in [-0.15, -0.1) is 0 Å². The fourth-order valence-corrected chi connectivity index (χ4v) is 3.13.